The summed E-state index contributed by atoms with van der Waals surface area (Å²) in [5, 5.41) is 8.69. The topological polar surface area (TPSA) is 23.5 Å². The van der Waals surface area contributed by atoms with Crippen LogP contribution < -0.4 is 0 Å². The fourth-order valence-electron chi connectivity index (χ4n) is 1.26. The number of aliphatic hydroxyl groups excluding tert-OH is 1. The van der Waals surface area contributed by atoms with E-state index >= 15 is 0 Å². The number of hydrogen-bond donors (Lipinski definition) is 1. The van der Waals surface area contributed by atoms with E-state index in [2.05, 4.69) is 18.7 Å². The van der Waals surface area contributed by atoms with Crippen molar-refractivity contribution < 1.29 is 5.11 Å². The second-order valence-corrected chi connectivity index (χ2v) is 4.46. The molecule has 0 bridgehead atoms. The normalized spacial score (nSPS) is 11.1. The Morgan fingerprint density at radius 3 is 2.38 bits per heavy atom. The molecule has 0 aromatic rings. The third-order valence-electron chi connectivity index (χ3n) is 2.05. The van der Waals surface area contributed by atoms with Crippen molar-refractivity contribution in [2.75, 3.05) is 37.7 Å². The van der Waals surface area contributed by atoms with Crippen LogP contribution in [-0.2, 0) is 0 Å². The average Bonchev–Trinajstić information content (AvgIpc) is 2.17. The maximum atomic E-state index is 8.69. The van der Waals surface area contributed by atoms with Crippen LogP contribution in [0.2, 0.25) is 0 Å². The highest BCUT2D eigenvalue weighted by molar-refractivity contribution is 7.99. The summed E-state index contributed by atoms with van der Waals surface area (Å²) in [5.74, 6) is 2.49. The van der Waals surface area contributed by atoms with Crippen LogP contribution in [0.5, 0.6) is 0 Å². The summed E-state index contributed by atoms with van der Waals surface area (Å²) in [7, 11) is 0. The molecule has 13 heavy (non-hydrogen) atoms. The summed E-state index contributed by atoms with van der Waals surface area (Å²) >= 11 is 2.01. The van der Waals surface area contributed by atoms with E-state index in [1.807, 2.05) is 11.8 Å². The van der Waals surface area contributed by atoms with Crippen molar-refractivity contribution in [1.29, 1.82) is 0 Å². The summed E-state index contributed by atoms with van der Waals surface area (Å²) in [6.45, 7) is 8.04. The molecule has 0 amide bonds. The van der Waals surface area contributed by atoms with Gasteiger partial charge in [0.25, 0.3) is 0 Å². The molecule has 3 heteroatoms. The molecule has 0 saturated carbocycles. The van der Waals surface area contributed by atoms with Crippen LogP contribution in [0.4, 0.5) is 0 Å². The first-order valence-corrected chi connectivity index (χ1v) is 6.41. The van der Waals surface area contributed by atoms with E-state index in [1.165, 1.54) is 24.5 Å². The Morgan fingerprint density at radius 1 is 1.15 bits per heavy atom. The van der Waals surface area contributed by atoms with Crippen LogP contribution in [0.1, 0.15) is 26.7 Å². The first-order chi connectivity index (χ1) is 6.35. The molecule has 0 saturated heterocycles. The van der Waals surface area contributed by atoms with Gasteiger partial charge in [-0.2, -0.15) is 11.8 Å². The first kappa shape index (κ1) is 13.3. The molecule has 0 rings (SSSR count). The number of aliphatic hydroxyl groups is 1. The number of nitrogens with zero attached hydrogens (tertiary/aromatic N) is 1. The Bertz CT molecular complexity index is 101. The van der Waals surface area contributed by atoms with E-state index in [-0.39, 0.29) is 0 Å². The molecule has 0 aliphatic carbocycles. The van der Waals surface area contributed by atoms with Gasteiger partial charge in [0, 0.05) is 13.2 Å². The van der Waals surface area contributed by atoms with Gasteiger partial charge in [-0.3, -0.25) is 0 Å². The van der Waals surface area contributed by atoms with Crippen LogP contribution in [-0.4, -0.2) is 47.8 Å². The lowest BCUT2D eigenvalue weighted by atomic mass is 10.3. The smallest absolute Gasteiger partial charge is 0.0443 e. The van der Waals surface area contributed by atoms with E-state index in [4.69, 9.17) is 5.11 Å². The Balaban J connectivity index is 3.25. The van der Waals surface area contributed by atoms with Crippen molar-refractivity contribution in [3.05, 3.63) is 0 Å². The van der Waals surface area contributed by atoms with Gasteiger partial charge in [-0.25, -0.2) is 0 Å². The number of thioether (sulfide) groups is 1. The molecule has 0 unspecified atom stereocenters. The third-order valence-corrected chi connectivity index (χ3v) is 3.03. The maximum absolute atomic E-state index is 8.69. The highest BCUT2D eigenvalue weighted by Crippen LogP contribution is 2.02. The molecule has 1 N–H and O–H groups in total. The predicted octanol–water partition coefficient (Wildman–Crippen LogP) is 1.83. The summed E-state index contributed by atoms with van der Waals surface area (Å²) in [6.07, 6.45) is 2.19. The van der Waals surface area contributed by atoms with E-state index in [9.17, 15) is 0 Å². The second kappa shape index (κ2) is 10.4. The monoisotopic (exact) mass is 205 g/mol. The Morgan fingerprint density at radius 2 is 1.85 bits per heavy atom. The van der Waals surface area contributed by atoms with Crippen molar-refractivity contribution in [1.82, 2.24) is 4.90 Å². The predicted molar refractivity (Wildman–Crippen MR) is 61.4 cm³/mol. The van der Waals surface area contributed by atoms with Crippen molar-refractivity contribution >= 4 is 11.8 Å². The first-order valence-electron chi connectivity index (χ1n) is 5.26. The summed E-state index contributed by atoms with van der Waals surface area (Å²) in [4.78, 5) is 2.41. The van der Waals surface area contributed by atoms with E-state index in [0.29, 0.717) is 6.61 Å². The molecular weight excluding hydrogens is 182 g/mol. The van der Waals surface area contributed by atoms with Crippen LogP contribution in [0.3, 0.4) is 0 Å². The zero-order chi connectivity index (χ0) is 9.94. The fourth-order valence-corrected chi connectivity index (χ4v) is 1.88. The summed E-state index contributed by atoms with van der Waals surface area (Å²) in [6, 6.07) is 0. The highest BCUT2D eigenvalue weighted by atomic mass is 32.2. The van der Waals surface area contributed by atoms with Gasteiger partial charge in [-0.1, -0.05) is 13.8 Å². The zero-order valence-electron chi connectivity index (χ0n) is 8.96. The summed E-state index contributed by atoms with van der Waals surface area (Å²) < 4.78 is 0. The molecule has 0 heterocycles. The van der Waals surface area contributed by atoms with E-state index in [0.717, 1.165) is 19.5 Å². The molecule has 0 atom stereocenters. The SMILES string of the molecule is CCSCCCN(CC)CCCO. The van der Waals surface area contributed by atoms with Gasteiger partial charge >= 0.3 is 0 Å². The minimum Gasteiger partial charge on any atom is -0.396 e. The molecule has 0 aromatic carbocycles. The Hall–Kier alpha value is 0.270. The molecule has 0 spiro atoms. The van der Waals surface area contributed by atoms with Gasteiger partial charge in [0.1, 0.15) is 0 Å². The largest absolute Gasteiger partial charge is 0.396 e. The lowest BCUT2D eigenvalue weighted by Crippen LogP contribution is -2.26. The quantitative estimate of drug-likeness (QED) is 0.581. The minimum atomic E-state index is 0.320. The van der Waals surface area contributed by atoms with Crippen molar-refractivity contribution in [3.8, 4) is 0 Å². The lowest BCUT2D eigenvalue weighted by Gasteiger charge is -2.19. The van der Waals surface area contributed by atoms with Crippen molar-refractivity contribution in [2.45, 2.75) is 26.7 Å². The minimum absolute atomic E-state index is 0.320. The molecule has 0 aromatic heterocycles. The molecule has 0 aliphatic rings. The van der Waals surface area contributed by atoms with Crippen molar-refractivity contribution in [2.24, 2.45) is 0 Å². The molecule has 80 valence electrons. The standard InChI is InChI=1S/C10H23NOS/c1-3-11(7-5-9-12)8-6-10-13-4-2/h12H,3-10H2,1-2H3. The van der Waals surface area contributed by atoms with Gasteiger partial charge in [0.2, 0.25) is 0 Å². The average molecular weight is 205 g/mol. The zero-order valence-corrected chi connectivity index (χ0v) is 9.78. The fraction of sp³-hybridized carbons (Fsp3) is 1.00. The third kappa shape index (κ3) is 8.60. The second-order valence-electron chi connectivity index (χ2n) is 3.06. The van der Waals surface area contributed by atoms with Crippen LogP contribution >= 0.6 is 11.8 Å². The summed E-state index contributed by atoms with van der Waals surface area (Å²) in [5.41, 5.74) is 0. The molecule has 0 fully saturated rings. The Labute approximate surface area is 86.7 Å². The van der Waals surface area contributed by atoms with Gasteiger partial charge < -0.3 is 10.0 Å². The molecular formula is C10H23NOS. The Kier molecular flexibility index (Phi) is 10.6. The molecule has 0 radical (unpaired) electrons. The molecule has 2 nitrogen and oxygen atoms in total. The maximum Gasteiger partial charge on any atom is 0.0443 e. The van der Waals surface area contributed by atoms with Gasteiger partial charge in [0.15, 0.2) is 0 Å². The van der Waals surface area contributed by atoms with Crippen LogP contribution in [0.25, 0.3) is 0 Å². The van der Waals surface area contributed by atoms with E-state index < -0.39 is 0 Å². The van der Waals surface area contributed by atoms with Crippen molar-refractivity contribution in [3.63, 3.8) is 0 Å². The van der Waals surface area contributed by atoms with Gasteiger partial charge in [-0.15, -0.1) is 0 Å². The molecule has 0 aliphatic heterocycles. The lowest BCUT2D eigenvalue weighted by molar-refractivity contribution is 0.231. The van der Waals surface area contributed by atoms with E-state index in [1.54, 1.807) is 0 Å². The van der Waals surface area contributed by atoms with Crippen LogP contribution in [0.15, 0.2) is 0 Å². The van der Waals surface area contributed by atoms with Crippen LogP contribution in [0, 0.1) is 0 Å². The highest BCUT2D eigenvalue weighted by Gasteiger charge is 2.00. The van der Waals surface area contributed by atoms with Gasteiger partial charge in [0.05, 0.1) is 0 Å². The van der Waals surface area contributed by atoms with Gasteiger partial charge in [-0.05, 0) is 37.4 Å². The number of hydrogen-bond acceptors (Lipinski definition) is 3. The number of rotatable bonds is 9.